The molecule has 9 heteroatoms. The van der Waals surface area contributed by atoms with Gasteiger partial charge in [-0.25, -0.2) is 4.79 Å². The minimum atomic E-state index is -1.39. The van der Waals surface area contributed by atoms with Gasteiger partial charge in [0.2, 0.25) is 11.8 Å². The number of carbonyl (C=O) groups excluding carboxylic acids is 3. The van der Waals surface area contributed by atoms with Crippen molar-refractivity contribution < 1.29 is 34.1 Å². The van der Waals surface area contributed by atoms with Crippen LogP contribution in [0.2, 0.25) is 0 Å². The van der Waals surface area contributed by atoms with E-state index >= 15 is 0 Å². The van der Waals surface area contributed by atoms with Gasteiger partial charge in [0, 0.05) is 12.8 Å². The lowest BCUT2D eigenvalue weighted by molar-refractivity contribution is -0.150. The first-order valence-electron chi connectivity index (χ1n) is 25.5. The molecule has 9 nitrogen and oxygen atoms in total. The Morgan fingerprint density at radius 2 is 0.871 bits per heavy atom. The molecule has 2 amide bonds. The maximum Gasteiger partial charge on any atom is 0.328 e. The maximum atomic E-state index is 12.9. The van der Waals surface area contributed by atoms with Crippen LogP contribution in [0.1, 0.15) is 239 Å². The first-order chi connectivity index (χ1) is 30.3. The second-order valence-electron chi connectivity index (χ2n) is 17.3. The molecule has 62 heavy (non-hydrogen) atoms. The Labute approximate surface area is 379 Å². The van der Waals surface area contributed by atoms with Gasteiger partial charge in [0.25, 0.3) is 0 Å². The molecule has 2 atom stereocenters. The summed E-state index contributed by atoms with van der Waals surface area (Å²) in [6, 6.07) is -1.39. The van der Waals surface area contributed by atoms with Crippen LogP contribution in [0.4, 0.5) is 0 Å². The Morgan fingerprint density at radius 1 is 0.484 bits per heavy atom. The van der Waals surface area contributed by atoms with Crippen LogP contribution in [0.3, 0.4) is 0 Å². The number of esters is 1. The summed E-state index contributed by atoms with van der Waals surface area (Å²) < 4.78 is 6.06. The smallest absolute Gasteiger partial charge is 0.328 e. The standard InChI is InChI=1S/C53H94N2O7/c1-3-5-7-9-11-13-15-17-19-20-21-22-24-26-28-30-32-37-41-45-52(59)62-48(42-38-34-31-29-27-25-23-18-16-14-12-10-8-6-4-2)43-39-35-33-36-40-44-50(57)54-46-51(58)55-49(47-56)53(60)61/h11,13,16-19,25,27,48-49,56H,3-10,12,14-15,20-24,26,28-47H2,1-2H3,(H,54,57)(H,55,58)(H,60,61)/b13-11-,18-16-,19-17-,27-25-. The molecule has 0 saturated carbocycles. The molecular formula is C53H94N2O7. The van der Waals surface area contributed by atoms with Crippen molar-refractivity contribution in [2.24, 2.45) is 0 Å². The summed E-state index contributed by atoms with van der Waals surface area (Å²) in [5.41, 5.74) is 0. The van der Waals surface area contributed by atoms with E-state index in [1.807, 2.05) is 0 Å². The van der Waals surface area contributed by atoms with E-state index in [0.717, 1.165) is 89.9 Å². The van der Waals surface area contributed by atoms with Crippen LogP contribution in [0, 0.1) is 0 Å². The number of allylic oxidation sites excluding steroid dienone is 8. The Kier molecular flexibility index (Phi) is 44.8. The fourth-order valence-corrected chi connectivity index (χ4v) is 7.36. The van der Waals surface area contributed by atoms with Gasteiger partial charge >= 0.3 is 11.9 Å². The van der Waals surface area contributed by atoms with E-state index in [1.54, 1.807) is 0 Å². The summed E-state index contributed by atoms with van der Waals surface area (Å²) in [4.78, 5) is 47.8. The number of aliphatic hydroxyl groups excluding tert-OH is 1. The van der Waals surface area contributed by atoms with Crippen LogP contribution < -0.4 is 10.6 Å². The fraction of sp³-hybridized carbons (Fsp3) is 0.774. The molecule has 0 aromatic rings. The van der Waals surface area contributed by atoms with Gasteiger partial charge in [-0.15, -0.1) is 0 Å². The molecule has 0 saturated heterocycles. The number of hydrogen-bond donors (Lipinski definition) is 4. The largest absolute Gasteiger partial charge is 0.480 e. The van der Waals surface area contributed by atoms with Crippen molar-refractivity contribution in [2.45, 2.75) is 251 Å². The third-order valence-electron chi connectivity index (χ3n) is 11.3. The second-order valence-corrected chi connectivity index (χ2v) is 17.3. The van der Waals surface area contributed by atoms with Crippen molar-refractivity contribution in [1.29, 1.82) is 0 Å². The number of carboxylic acid groups (broad SMARTS) is 1. The van der Waals surface area contributed by atoms with Crippen LogP contribution in [0.25, 0.3) is 0 Å². The molecule has 0 rings (SSSR count). The lowest BCUT2D eigenvalue weighted by atomic mass is 10.0. The highest BCUT2D eigenvalue weighted by Gasteiger charge is 2.19. The minimum absolute atomic E-state index is 0.0405. The number of amides is 2. The van der Waals surface area contributed by atoms with E-state index in [0.29, 0.717) is 12.8 Å². The Morgan fingerprint density at radius 3 is 1.34 bits per heavy atom. The minimum Gasteiger partial charge on any atom is -0.480 e. The molecule has 0 bridgehead atoms. The number of ether oxygens (including phenoxy) is 1. The number of hydrogen-bond acceptors (Lipinski definition) is 6. The molecule has 2 unspecified atom stereocenters. The van der Waals surface area contributed by atoms with E-state index in [-0.39, 0.29) is 30.9 Å². The average Bonchev–Trinajstić information content (AvgIpc) is 3.26. The molecule has 0 aromatic heterocycles. The molecule has 0 aliphatic carbocycles. The van der Waals surface area contributed by atoms with Gasteiger partial charge in [0.1, 0.15) is 12.1 Å². The van der Waals surface area contributed by atoms with Crippen molar-refractivity contribution in [3.63, 3.8) is 0 Å². The zero-order valence-electron chi connectivity index (χ0n) is 39.9. The third kappa shape index (κ3) is 43.4. The van der Waals surface area contributed by atoms with Gasteiger partial charge in [0.05, 0.1) is 13.2 Å². The van der Waals surface area contributed by atoms with Crippen molar-refractivity contribution >= 4 is 23.8 Å². The van der Waals surface area contributed by atoms with Crippen molar-refractivity contribution in [1.82, 2.24) is 10.6 Å². The second kappa shape index (κ2) is 47.3. The van der Waals surface area contributed by atoms with E-state index < -0.39 is 24.5 Å². The lowest BCUT2D eigenvalue weighted by Gasteiger charge is -2.18. The van der Waals surface area contributed by atoms with Gasteiger partial charge in [0.15, 0.2) is 0 Å². The first-order valence-corrected chi connectivity index (χ1v) is 25.5. The molecule has 0 fully saturated rings. The SMILES string of the molecule is CCCCC/C=C\C/C=C\CCCCCCCCCCCC(=O)OC(CCCCC/C=C\C/C=C\CCCCCCC)CCCCCCCC(=O)NCC(=O)NC(CO)C(=O)O. The van der Waals surface area contributed by atoms with Crippen molar-refractivity contribution in [3.05, 3.63) is 48.6 Å². The number of rotatable bonds is 46. The molecule has 0 aliphatic rings. The van der Waals surface area contributed by atoms with Gasteiger partial charge < -0.3 is 25.6 Å². The van der Waals surface area contributed by atoms with Gasteiger partial charge in [-0.1, -0.05) is 172 Å². The summed E-state index contributed by atoms with van der Waals surface area (Å²) in [7, 11) is 0. The van der Waals surface area contributed by atoms with E-state index in [9.17, 15) is 19.2 Å². The fourth-order valence-electron chi connectivity index (χ4n) is 7.36. The van der Waals surface area contributed by atoms with Crippen molar-refractivity contribution in [3.8, 4) is 0 Å². The predicted molar refractivity (Wildman–Crippen MR) is 259 cm³/mol. The Balaban J connectivity index is 4.35. The monoisotopic (exact) mass is 871 g/mol. The zero-order valence-corrected chi connectivity index (χ0v) is 39.9. The normalized spacial score (nSPS) is 12.8. The molecule has 0 aromatic carbocycles. The first kappa shape index (κ1) is 58.8. The number of aliphatic hydroxyl groups is 1. The van der Waals surface area contributed by atoms with Crippen LogP contribution in [0.5, 0.6) is 0 Å². The highest BCUT2D eigenvalue weighted by Crippen LogP contribution is 2.19. The lowest BCUT2D eigenvalue weighted by Crippen LogP contribution is -2.47. The van der Waals surface area contributed by atoms with E-state index in [4.69, 9.17) is 14.9 Å². The summed E-state index contributed by atoms with van der Waals surface area (Å²) in [5.74, 6) is -2.31. The van der Waals surface area contributed by atoms with Crippen LogP contribution in [-0.4, -0.2) is 59.3 Å². The van der Waals surface area contributed by atoms with Gasteiger partial charge in [-0.05, 0) is 103 Å². The Bertz CT molecular complexity index is 1180. The summed E-state index contributed by atoms with van der Waals surface area (Å²) in [5, 5.41) is 22.6. The molecule has 0 aliphatic heterocycles. The van der Waals surface area contributed by atoms with E-state index in [2.05, 4.69) is 73.1 Å². The number of nitrogens with one attached hydrogen (secondary N) is 2. The number of unbranched alkanes of at least 4 members (excludes halogenated alkanes) is 24. The van der Waals surface area contributed by atoms with Gasteiger partial charge in [-0.2, -0.15) is 0 Å². The molecule has 358 valence electrons. The maximum absolute atomic E-state index is 12.9. The van der Waals surface area contributed by atoms with Crippen LogP contribution in [0.15, 0.2) is 48.6 Å². The summed E-state index contributed by atoms with van der Waals surface area (Å²) >= 11 is 0. The summed E-state index contributed by atoms with van der Waals surface area (Å²) in [6.07, 6.45) is 57.1. The zero-order chi connectivity index (χ0) is 45.4. The van der Waals surface area contributed by atoms with Crippen LogP contribution in [-0.2, 0) is 23.9 Å². The molecule has 4 N–H and O–H groups in total. The Hall–Kier alpha value is -3.20. The topological polar surface area (TPSA) is 142 Å². The van der Waals surface area contributed by atoms with Crippen molar-refractivity contribution in [2.75, 3.05) is 13.2 Å². The van der Waals surface area contributed by atoms with E-state index in [1.165, 1.54) is 116 Å². The number of carbonyl (C=O) groups is 4. The number of aliphatic carboxylic acids is 1. The highest BCUT2D eigenvalue weighted by molar-refractivity contribution is 5.87. The van der Waals surface area contributed by atoms with Gasteiger partial charge in [-0.3, -0.25) is 14.4 Å². The molecule has 0 spiro atoms. The quantitative estimate of drug-likeness (QED) is 0.0271. The average molecular weight is 871 g/mol. The summed E-state index contributed by atoms with van der Waals surface area (Å²) in [6.45, 7) is 3.46. The molecule has 0 heterocycles. The highest BCUT2D eigenvalue weighted by atomic mass is 16.5. The predicted octanol–water partition coefficient (Wildman–Crippen LogP) is 13.5. The third-order valence-corrected chi connectivity index (χ3v) is 11.3. The van der Waals surface area contributed by atoms with Crippen LogP contribution >= 0.6 is 0 Å². The molecular weight excluding hydrogens is 777 g/mol. The number of carboxylic acids is 1. The molecule has 0 radical (unpaired) electrons.